The number of rotatable bonds is 2. The fraction of sp³-hybridized carbons (Fsp3) is 0.667. The van der Waals surface area contributed by atoms with Crippen LogP contribution in [0.2, 0.25) is 0 Å². The Morgan fingerprint density at radius 3 is 2.62 bits per heavy atom. The van der Waals surface area contributed by atoms with Crippen LogP contribution < -0.4 is 5.90 Å². The first-order valence-electron chi connectivity index (χ1n) is 4.36. The first-order valence-corrected chi connectivity index (χ1v) is 4.36. The Balaban J connectivity index is 3.03. The summed E-state index contributed by atoms with van der Waals surface area (Å²) in [7, 11) is 0. The molecule has 0 aliphatic heterocycles. The van der Waals surface area contributed by atoms with Crippen molar-refractivity contribution in [1.82, 2.24) is 10.2 Å². The highest BCUT2D eigenvalue weighted by molar-refractivity contribution is 5.25. The van der Waals surface area contributed by atoms with Crippen LogP contribution in [-0.2, 0) is 10.3 Å². The molecule has 0 aliphatic carbocycles. The molecule has 3 N–H and O–H groups in total. The van der Waals surface area contributed by atoms with Gasteiger partial charge < -0.3 is 0 Å². The van der Waals surface area contributed by atoms with Crippen molar-refractivity contribution in [3.8, 4) is 0 Å². The number of hydrogen-bond donors (Lipinski definition) is 2. The van der Waals surface area contributed by atoms with E-state index in [1.807, 2.05) is 6.92 Å². The van der Waals surface area contributed by atoms with Crippen LogP contribution in [0.25, 0.3) is 0 Å². The van der Waals surface area contributed by atoms with Gasteiger partial charge in [0, 0.05) is 16.7 Å². The van der Waals surface area contributed by atoms with Gasteiger partial charge in [0.05, 0.1) is 6.20 Å². The lowest BCUT2D eigenvalue weighted by atomic mass is 9.88. The Morgan fingerprint density at radius 2 is 2.15 bits per heavy atom. The maximum Gasteiger partial charge on any atom is 0.104 e. The Labute approximate surface area is 78.4 Å². The summed E-state index contributed by atoms with van der Waals surface area (Å²) in [6.45, 7) is 8.26. The van der Waals surface area contributed by atoms with Gasteiger partial charge in [-0.25, -0.2) is 5.90 Å². The maximum absolute atomic E-state index is 5.13. The summed E-state index contributed by atoms with van der Waals surface area (Å²) in [5, 5.41) is 6.97. The standard InChI is InChI=1S/C9H17N3O/c1-6(13-10)7-5-11-12-8(7)9(2,3)4/h5-6H,10H2,1-4H3,(H,11,12). The molecule has 0 radical (unpaired) electrons. The van der Waals surface area contributed by atoms with Crippen molar-refractivity contribution in [2.75, 3.05) is 0 Å². The Hall–Kier alpha value is -0.870. The molecular weight excluding hydrogens is 166 g/mol. The van der Waals surface area contributed by atoms with Gasteiger partial charge in [0.15, 0.2) is 0 Å². The molecule has 1 unspecified atom stereocenters. The van der Waals surface area contributed by atoms with Crippen molar-refractivity contribution in [3.05, 3.63) is 17.5 Å². The Bertz CT molecular complexity index is 275. The van der Waals surface area contributed by atoms with Crippen molar-refractivity contribution in [3.63, 3.8) is 0 Å². The Kier molecular flexibility index (Phi) is 2.73. The molecule has 0 saturated heterocycles. The van der Waals surface area contributed by atoms with Crippen LogP contribution >= 0.6 is 0 Å². The van der Waals surface area contributed by atoms with E-state index in [1.165, 1.54) is 0 Å². The third-order valence-electron chi connectivity index (χ3n) is 2.06. The lowest BCUT2D eigenvalue weighted by Gasteiger charge is -2.20. The van der Waals surface area contributed by atoms with Gasteiger partial charge in [-0.05, 0) is 6.92 Å². The van der Waals surface area contributed by atoms with Crippen LogP contribution in [0.1, 0.15) is 45.1 Å². The fourth-order valence-corrected chi connectivity index (χ4v) is 1.28. The summed E-state index contributed by atoms with van der Waals surface area (Å²) >= 11 is 0. The SMILES string of the molecule is CC(ON)c1cn[nH]c1C(C)(C)C. The molecule has 1 rings (SSSR count). The molecule has 0 aliphatic rings. The zero-order valence-corrected chi connectivity index (χ0v) is 8.59. The van der Waals surface area contributed by atoms with E-state index >= 15 is 0 Å². The summed E-state index contributed by atoms with van der Waals surface area (Å²) in [4.78, 5) is 4.77. The number of hydrogen-bond acceptors (Lipinski definition) is 3. The smallest absolute Gasteiger partial charge is 0.104 e. The van der Waals surface area contributed by atoms with Gasteiger partial charge in [-0.2, -0.15) is 5.10 Å². The number of nitrogens with zero attached hydrogens (tertiary/aromatic N) is 1. The van der Waals surface area contributed by atoms with E-state index in [2.05, 4.69) is 31.0 Å². The molecule has 0 spiro atoms. The summed E-state index contributed by atoms with van der Waals surface area (Å²) in [6, 6.07) is 0. The molecule has 1 aromatic heterocycles. The lowest BCUT2D eigenvalue weighted by molar-refractivity contribution is 0.0652. The average Bonchev–Trinajstić information content (AvgIpc) is 2.49. The molecule has 74 valence electrons. The van der Waals surface area contributed by atoms with E-state index in [-0.39, 0.29) is 11.5 Å². The second kappa shape index (κ2) is 3.47. The third-order valence-corrected chi connectivity index (χ3v) is 2.06. The summed E-state index contributed by atoms with van der Waals surface area (Å²) in [5.41, 5.74) is 2.14. The zero-order valence-electron chi connectivity index (χ0n) is 8.59. The molecule has 0 saturated carbocycles. The first kappa shape index (κ1) is 10.2. The largest absolute Gasteiger partial charge is 0.297 e. The molecule has 1 atom stereocenters. The maximum atomic E-state index is 5.13. The summed E-state index contributed by atoms with van der Waals surface area (Å²) in [5.74, 6) is 5.13. The van der Waals surface area contributed by atoms with Gasteiger partial charge >= 0.3 is 0 Å². The van der Waals surface area contributed by atoms with Gasteiger partial charge in [-0.1, -0.05) is 20.8 Å². The van der Waals surface area contributed by atoms with Crippen LogP contribution in [-0.4, -0.2) is 10.2 Å². The predicted molar refractivity (Wildman–Crippen MR) is 51.0 cm³/mol. The predicted octanol–water partition coefficient (Wildman–Crippen LogP) is 1.66. The van der Waals surface area contributed by atoms with Gasteiger partial charge in [0.25, 0.3) is 0 Å². The fourth-order valence-electron chi connectivity index (χ4n) is 1.28. The minimum absolute atomic E-state index is 0.0403. The van der Waals surface area contributed by atoms with Gasteiger partial charge in [0.1, 0.15) is 6.10 Å². The normalized spacial score (nSPS) is 14.5. The molecule has 0 bridgehead atoms. The third kappa shape index (κ3) is 2.08. The first-order chi connectivity index (χ1) is 5.96. The molecule has 1 aromatic rings. The second-order valence-corrected chi connectivity index (χ2v) is 4.23. The van der Waals surface area contributed by atoms with E-state index in [0.717, 1.165) is 11.3 Å². The van der Waals surface area contributed by atoms with Gasteiger partial charge in [-0.15, -0.1) is 0 Å². The van der Waals surface area contributed by atoms with Crippen molar-refractivity contribution >= 4 is 0 Å². The highest BCUT2D eigenvalue weighted by Crippen LogP contribution is 2.28. The van der Waals surface area contributed by atoms with Gasteiger partial charge in [-0.3, -0.25) is 9.94 Å². The van der Waals surface area contributed by atoms with Crippen molar-refractivity contribution in [2.45, 2.75) is 39.2 Å². The number of aromatic nitrogens is 2. The van der Waals surface area contributed by atoms with Crippen LogP contribution in [0.4, 0.5) is 0 Å². The summed E-state index contributed by atoms with van der Waals surface area (Å²) < 4.78 is 0. The van der Waals surface area contributed by atoms with Crippen LogP contribution in [0, 0.1) is 0 Å². The zero-order chi connectivity index (χ0) is 10.1. The molecule has 0 fully saturated rings. The van der Waals surface area contributed by atoms with E-state index in [0.29, 0.717) is 0 Å². The van der Waals surface area contributed by atoms with Crippen LogP contribution in [0.15, 0.2) is 6.20 Å². The number of aromatic amines is 1. The van der Waals surface area contributed by atoms with Crippen molar-refractivity contribution < 1.29 is 4.84 Å². The molecule has 0 amide bonds. The molecular formula is C9H17N3O. The molecule has 4 nitrogen and oxygen atoms in total. The highest BCUT2D eigenvalue weighted by Gasteiger charge is 2.22. The van der Waals surface area contributed by atoms with E-state index in [1.54, 1.807) is 6.20 Å². The quantitative estimate of drug-likeness (QED) is 0.685. The van der Waals surface area contributed by atoms with Crippen LogP contribution in [0.5, 0.6) is 0 Å². The molecule has 4 heteroatoms. The topological polar surface area (TPSA) is 63.9 Å². The lowest BCUT2D eigenvalue weighted by Crippen LogP contribution is -2.17. The molecule has 1 heterocycles. The van der Waals surface area contributed by atoms with E-state index in [9.17, 15) is 0 Å². The summed E-state index contributed by atoms with van der Waals surface area (Å²) in [6.07, 6.45) is 1.64. The number of nitrogens with one attached hydrogen (secondary N) is 1. The van der Waals surface area contributed by atoms with E-state index in [4.69, 9.17) is 10.7 Å². The number of nitrogens with two attached hydrogens (primary N) is 1. The van der Waals surface area contributed by atoms with E-state index < -0.39 is 0 Å². The average molecular weight is 183 g/mol. The molecule has 0 aromatic carbocycles. The minimum Gasteiger partial charge on any atom is -0.297 e. The van der Waals surface area contributed by atoms with Crippen LogP contribution in [0.3, 0.4) is 0 Å². The van der Waals surface area contributed by atoms with Gasteiger partial charge in [0.2, 0.25) is 0 Å². The highest BCUT2D eigenvalue weighted by atomic mass is 16.6. The Morgan fingerprint density at radius 1 is 1.54 bits per heavy atom. The van der Waals surface area contributed by atoms with Crippen molar-refractivity contribution in [1.29, 1.82) is 0 Å². The molecule has 13 heavy (non-hydrogen) atoms. The number of H-pyrrole nitrogens is 1. The minimum atomic E-state index is -0.118. The van der Waals surface area contributed by atoms with Crippen molar-refractivity contribution in [2.24, 2.45) is 5.90 Å². The monoisotopic (exact) mass is 183 g/mol. The second-order valence-electron chi connectivity index (χ2n) is 4.23.